The number of hydrogen-bond donors (Lipinski definition) is 2. The topological polar surface area (TPSA) is 60.5 Å². The lowest BCUT2D eigenvalue weighted by Crippen LogP contribution is -2.49. The summed E-state index contributed by atoms with van der Waals surface area (Å²) in [6.45, 7) is 6.51. The van der Waals surface area contributed by atoms with Crippen molar-refractivity contribution in [3.63, 3.8) is 0 Å². The van der Waals surface area contributed by atoms with Gasteiger partial charge >= 0.3 is 0 Å². The Kier molecular flexibility index (Phi) is 8.51. The number of benzene rings is 1. The van der Waals surface area contributed by atoms with Gasteiger partial charge in [0.05, 0.1) is 6.54 Å². The molecule has 0 bridgehead atoms. The molecule has 6 nitrogen and oxygen atoms in total. The maximum absolute atomic E-state index is 12.3. The largest absolute Gasteiger partial charge is 0.354 e. The van der Waals surface area contributed by atoms with Crippen LogP contribution in [-0.4, -0.2) is 48.5 Å². The van der Waals surface area contributed by atoms with Gasteiger partial charge < -0.3 is 15.5 Å². The second kappa shape index (κ2) is 10.6. The Morgan fingerprint density at radius 1 is 1.04 bits per heavy atom. The highest BCUT2D eigenvalue weighted by Crippen LogP contribution is 2.17. The molecule has 3 heterocycles. The van der Waals surface area contributed by atoms with Gasteiger partial charge in [-0.1, -0.05) is 24.3 Å². The van der Waals surface area contributed by atoms with Crippen molar-refractivity contribution < 1.29 is 4.79 Å². The highest BCUT2D eigenvalue weighted by molar-refractivity contribution is 5.85. The van der Waals surface area contributed by atoms with Crippen LogP contribution in [0.4, 0.5) is 5.82 Å². The molecule has 1 saturated heterocycles. The van der Waals surface area contributed by atoms with Crippen LogP contribution in [0.3, 0.4) is 0 Å². The average Bonchev–Trinajstić information content (AvgIpc) is 3.15. The third-order valence-corrected chi connectivity index (χ3v) is 5.10. The molecular weight excluding hydrogens is 397 g/mol. The number of piperazine rings is 1. The number of aromatic nitrogens is 1. The van der Waals surface area contributed by atoms with Crippen LogP contribution in [0, 0.1) is 0 Å². The number of rotatable bonds is 5. The summed E-state index contributed by atoms with van der Waals surface area (Å²) < 4.78 is 0. The van der Waals surface area contributed by atoms with Gasteiger partial charge in [-0.05, 0) is 28.8 Å². The van der Waals surface area contributed by atoms with Crippen LogP contribution in [0.5, 0.6) is 0 Å². The summed E-state index contributed by atoms with van der Waals surface area (Å²) >= 11 is 0. The molecule has 0 saturated carbocycles. The third kappa shape index (κ3) is 5.58. The molecule has 1 fully saturated rings. The molecule has 0 unspecified atom stereocenters. The van der Waals surface area contributed by atoms with E-state index in [0.29, 0.717) is 13.1 Å². The Labute approximate surface area is 178 Å². The summed E-state index contributed by atoms with van der Waals surface area (Å²) in [5.41, 5.74) is 3.88. The molecule has 8 heteroatoms. The van der Waals surface area contributed by atoms with Gasteiger partial charge in [0.1, 0.15) is 5.82 Å². The van der Waals surface area contributed by atoms with Crippen LogP contribution >= 0.6 is 24.8 Å². The Morgan fingerprint density at radius 3 is 2.57 bits per heavy atom. The number of carbonyl (C=O) groups excluding carboxylic acids is 1. The van der Waals surface area contributed by atoms with E-state index in [0.717, 1.165) is 45.1 Å². The summed E-state index contributed by atoms with van der Waals surface area (Å²) in [5.74, 6) is 1.11. The van der Waals surface area contributed by atoms with Gasteiger partial charge in [-0.25, -0.2) is 4.98 Å². The van der Waals surface area contributed by atoms with Gasteiger partial charge in [0, 0.05) is 52.0 Å². The molecular formula is C20H27Cl2N5O. The number of carbonyl (C=O) groups is 1. The fourth-order valence-corrected chi connectivity index (χ4v) is 3.59. The maximum Gasteiger partial charge on any atom is 0.234 e. The molecule has 4 rings (SSSR count). The van der Waals surface area contributed by atoms with E-state index in [1.54, 1.807) is 0 Å². The summed E-state index contributed by atoms with van der Waals surface area (Å²) in [5, 5.41) is 6.40. The molecule has 0 aliphatic carbocycles. The van der Waals surface area contributed by atoms with E-state index in [2.05, 4.69) is 43.6 Å². The fraction of sp³-hybridized carbons (Fsp3) is 0.400. The zero-order chi connectivity index (χ0) is 17.8. The van der Waals surface area contributed by atoms with Crippen molar-refractivity contribution in [3.8, 4) is 0 Å². The van der Waals surface area contributed by atoms with Crippen LogP contribution < -0.4 is 15.5 Å². The van der Waals surface area contributed by atoms with Gasteiger partial charge in [-0.3, -0.25) is 9.69 Å². The first-order valence-electron chi connectivity index (χ1n) is 9.24. The molecule has 28 heavy (non-hydrogen) atoms. The van der Waals surface area contributed by atoms with Crippen LogP contribution in [0.2, 0.25) is 0 Å². The van der Waals surface area contributed by atoms with Gasteiger partial charge in [0.15, 0.2) is 0 Å². The van der Waals surface area contributed by atoms with Crippen LogP contribution in [0.15, 0.2) is 42.6 Å². The molecule has 1 aromatic carbocycles. The number of halogens is 2. The first-order chi connectivity index (χ1) is 12.8. The summed E-state index contributed by atoms with van der Waals surface area (Å²) in [4.78, 5) is 21.2. The number of hydrogen-bond acceptors (Lipinski definition) is 5. The minimum Gasteiger partial charge on any atom is -0.354 e. The maximum atomic E-state index is 12.3. The monoisotopic (exact) mass is 423 g/mol. The van der Waals surface area contributed by atoms with Gasteiger partial charge in [-0.15, -0.1) is 24.8 Å². The number of nitrogens with one attached hydrogen (secondary N) is 2. The smallest absolute Gasteiger partial charge is 0.234 e. The number of fused-ring (bicyclic) bond motifs is 1. The van der Waals surface area contributed by atoms with Crippen LogP contribution in [-0.2, 0) is 24.4 Å². The van der Waals surface area contributed by atoms with Crippen LogP contribution in [0.1, 0.15) is 16.7 Å². The predicted molar refractivity (Wildman–Crippen MR) is 116 cm³/mol. The number of amides is 1. The Morgan fingerprint density at radius 2 is 1.82 bits per heavy atom. The Balaban J connectivity index is 0.00000140. The first-order valence-corrected chi connectivity index (χ1v) is 9.24. The molecule has 0 spiro atoms. The van der Waals surface area contributed by atoms with E-state index in [1.165, 1.54) is 16.7 Å². The predicted octanol–water partition coefficient (Wildman–Crippen LogP) is 1.97. The molecule has 2 aromatic rings. The quantitative estimate of drug-likeness (QED) is 0.769. The molecule has 0 radical (unpaired) electrons. The SMILES string of the molecule is Cl.Cl.O=C(CN1CCN(c2ccccn2)CC1)NCc1ccc2c(c1)CNC2. The molecule has 152 valence electrons. The van der Waals surface area contributed by atoms with Crippen molar-refractivity contribution in [2.45, 2.75) is 19.6 Å². The average molecular weight is 424 g/mol. The normalized spacial score (nSPS) is 15.9. The zero-order valence-corrected chi connectivity index (χ0v) is 17.4. The second-order valence-electron chi connectivity index (χ2n) is 6.93. The minimum atomic E-state index is 0. The lowest BCUT2D eigenvalue weighted by Gasteiger charge is -2.34. The summed E-state index contributed by atoms with van der Waals surface area (Å²) in [6, 6.07) is 12.4. The van der Waals surface area contributed by atoms with E-state index in [9.17, 15) is 4.79 Å². The van der Waals surface area contributed by atoms with Gasteiger partial charge in [-0.2, -0.15) is 0 Å². The lowest BCUT2D eigenvalue weighted by atomic mass is 10.1. The molecule has 1 aromatic heterocycles. The first kappa shape index (κ1) is 22.4. The highest BCUT2D eigenvalue weighted by atomic mass is 35.5. The Hall–Kier alpha value is -1.86. The number of pyridine rings is 1. The van der Waals surface area contributed by atoms with Crippen molar-refractivity contribution >= 4 is 36.5 Å². The van der Waals surface area contributed by atoms with Gasteiger partial charge in [0.25, 0.3) is 0 Å². The minimum absolute atomic E-state index is 0. The third-order valence-electron chi connectivity index (χ3n) is 5.10. The van der Waals surface area contributed by atoms with Gasteiger partial charge in [0.2, 0.25) is 5.91 Å². The van der Waals surface area contributed by atoms with Crippen LogP contribution in [0.25, 0.3) is 0 Å². The van der Waals surface area contributed by atoms with Crippen molar-refractivity contribution in [2.75, 3.05) is 37.6 Å². The number of nitrogens with zero attached hydrogens (tertiary/aromatic N) is 3. The molecule has 2 N–H and O–H groups in total. The van der Waals surface area contributed by atoms with Crippen molar-refractivity contribution in [1.29, 1.82) is 0 Å². The molecule has 0 atom stereocenters. The van der Waals surface area contributed by atoms with E-state index in [4.69, 9.17) is 0 Å². The second-order valence-corrected chi connectivity index (χ2v) is 6.93. The highest BCUT2D eigenvalue weighted by Gasteiger charge is 2.19. The number of anilines is 1. The fourth-order valence-electron chi connectivity index (χ4n) is 3.59. The van der Waals surface area contributed by atoms with E-state index >= 15 is 0 Å². The standard InChI is InChI=1S/C20H25N5O.2ClH/c26-20(23-12-16-4-5-17-13-21-14-18(17)11-16)15-24-7-9-25(10-8-24)19-3-1-2-6-22-19;;/h1-6,11,21H,7-10,12-15H2,(H,23,26);2*1H. The summed E-state index contributed by atoms with van der Waals surface area (Å²) in [7, 11) is 0. The van der Waals surface area contributed by atoms with E-state index in [1.807, 2.05) is 24.4 Å². The van der Waals surface area contributed by atoms with E-state index < -0.39 is 0 Å². The van der Waals surface area contributed by atoms with Crippen molar-refractivity contribution in [2.24, 2.45) is 0 Å². The molecule has 1 amide bonds. The Bertz CT molecular complexity index is 766. The zero-order valence-electron chi connectivity index (χ0n) is 15.8. The van der Waals surface area contributed by atoms with E-state index in [-0.39, 0.29) is 30.7 Å². The lowest BCUT2D eigenvalue weighted by molar-refractivity contribution is -0.122. The summed E-state index contributed by atoms with van der Waals surface area (Å²) in [6.07, 6.45) is 1.82. The van der Waals surface area contributed by atoms with Crippen molar-refractivity contribution in [3.05, 3.63) is 59.3 Å². The van der Waals surface area contributed by atoms with Crippen molar-refractivity contribution in [1.82, 2.24) is 20.5 Å². The molecule has 2 aliphatic heterocycles. The molecule has 2 aliphatic rings.